The molecule has 0 aliphatic carbocycles. The van der Waals surface area contributed by atoms with Crippen LogP contribution in [0.15, 0.2) is 0 Å². The minimum absolute atomic E-state index is 0.359. The maximum absolute atomic E-state index is 8.60. The largest absolute Gasteiger partial charge is 0.322 e. The molecule has 0 aliphatic heterocycles. The van der Waals surface area contributed by atoms with Crippen molar-refractivity contribution in [3.05, 3.63) is 0 Å². The van der Waals surface area contributed by atoms with Crippen LogP contribution in [0.4, 0.5) is 0 Å². The number of nitriles is 1. The Bertz CT molecular complexity index is 249. The van der Waals surface area contributed by atoms with Crippen molar-refractivity contribution < 1.29 is 9.05 Å². The molecule has 0 spiro atoms. The first-order valence-electron chi connectivity index (χ1n) is 6.90. The van der Waals surface area contributed by atoms with Crippen LogP contribution >= 0.6 is 8.53 Å². The summed E-state index contributed by atoms with van der Waals surface area (Å²) >= 11 is 0. The summed E-state index contributed by atoms with van der Waals surface area (Å²) in [6.07, 6.45) is 1.36. The molecule has 6 heteroatoms. The maximum Gasteiger partial charge on any atom is 0.259 e. The van der Waals surface area contributed by atoms with Crippen molar-refractivity contribution in [2.24, 2.45) is 0 Å². The highest BCUT2D eigenvalue weighted by Crippen LogP contribution is 2.45. The molecule has 0 aliphatic rings. The predicted molar refractivity (Wildman–Crippen MR) is 79.7 cm³/mol. The summed E-state index contributed by atoms with van der Waals surface area (Å²) in [6.45, 7) is 10.6. The first-order valence-corrected chi connectivity index (χ1v) is 8.03. The van der Waals surface area contributed by atoms with Crippen LogP contribution in [-0.2, 0) is 9.05 Å². The molecule has 112 valence electrons. The van der Waals surface area contributed by atoms with Crippen molar-refractivity contribution in [3.63, 3.8) is 0 Å². The molecule has 0 saturated carbocycles. The Morgan fingerprint density at radius 2 is 1.74 bits per heavy atom. The van der Waals surface area contributed by atoms with Gasteiger partial charge in [0.1, 0.15) is 0 Å². The Labute approximate surface area is 119 Å². The number of nitrogens with one attached hydrogen (secondary N) is 1. The van der Waals surface area contributed by atoms with Crippen molar-refractivity contribution in [1.29, 1.82) is 5.26 Å². The summed E-state index contributed by atoms with van der Waals surface area (Å²) < 4.78 is 13.9. The van der Waals surface area contributed by atoms with Crippen molar-refractivity contribution >= 4 is 8.53 Å². The fraction of sp³-hybridized carbons (Fsp3) is 0.923. The third kappa shape index (κ3) is 8.52. The van der Waals surface area contributed by atoms with E-state index >= 15 is 0 Å². The fourth-order valence-corrected chi connectivity index (χ4v) is 3.33. The molecular weight excluding hydrogens is 261 g/mol. The summed E-state index contributed by atoms with van der Waals surface area (Å²) in [5.74, 6) is 0. The van der Waals surface area contributed by atoms with E-state index in [2.05, 4.69) is 43.8 Å². The van der Waals surface area contributed by atoms with E-state index in [0.717, 1.165) is 13.0 Å². The van der Waals surface area contributed by atoms with E-state index in [1.54, 1.807) is 0 Å². The summed E-state index contributed by atoms with van der Waals surface area (Å²) in [5.41, 5.74) is 0. The van der Waals surface area contributed by atoms with Gasteiger partial charge in [0, 0.05) is 12.1 Å². The standard InChI is InChI=1S/C13H28N3O2P/c1-12(2)16(13(3)4)19(17-10-6-8-14)18-11-7-9-15-5/h12-13,15H,6-7,9-11H2,1-5H3. The summed E-state index contributed by atoms with van der Waals surface area (Å²) in [7, 11) is 0.855. The van der Waals surface area contributed by atoms with Gasteiger partial charge in [-0.1, -0.05) is 0 Å². The molecule has 1 N–H and O–H groups in total. The molecule has 0 fully saturated rings. The molecule has 5 nitrogen and oxygen atoms in total. The van der Waals surface area contributed by atoms with E-state index in [1.165, 1.54) is 0 Å². The van der Waals surface area contributed by atoms with E-state index in [4.69, 9.17) is 14.3 Å². The third-order valence-corrected chi connectivity index (χ3v) is 4.54. The van der Waals surface area contributed by atoms with Gasteiger partial charge in [-0.25, -0.2) is 4.67 Å². The molecule has 19 heavy (non-hydrogen) atoms. The predicted octanol–water partition coefficient (Wildman–Crippen LogP) is 2.89. The quantitative estimate of drug-likeness (QED) is 0.468. The smallest absolute Gasteiger partial charge is 0.259 e. The molecule has 0 amide bonds. The van der Waals surface area contributed by atoms with Crippen molar-refractivity contribution in [2.45, 2.75) is 52.6 Å². The highest BCUT2D eigenvalue weighted by Gasteiger charge is 2.26. The van der Waals surface area contributed by atoms with Crippen LogP contribution in [0.5, 0.6) is 0 Å². The van der Waals surface area contributed by atoms with E-state index < -0.39 is 8.53 Å². The third-order valence-electron chi connectivity index (χ3n) is 2.44. The minimum atomic E-state index is -1.08. The van der Waals surface area contributed by atoms with Gasteiger partial charge in [-0.05, 0) is 47.7 Å². The van der Waals surface area contributed by atoms with Gasteiger partial charge in [0.15, 0.2) is 0 Å². The van der Waals surface area contributed by atoms with Crippen molar-refractivity contribution in [1.82, 2.24) is 9.99 Å². The number of nitrogens with zero attached hydrogens (tertiary/aromatic N) is 2. The number of hydrogen-bond donors (Lipinski definition) is 1. The summed E-state index contributed by atoms with van der Waals surface area (Å²) in [5, 5.41) is 11.7. The first-order chi connectivity index (χ1) is 9.04. The Hall–Kier alpha value is -0.240. The van der Waals surface area contributed by atoms with Gasteiger partial charge >= 0.3 is 0 Å². The van der Waals surface area contributed by atoms with Gasteiger partial charge < -0.3 is 14.4 Å². The first kappa shape index (κ1) is 18.8. The minimum Gasteiger partial charge on any atom is -0.322 e. The van der Waals surface area contributed by atoms with Gasteiger partial charge in [0.25, 0.3) is 8.53 Å². The molecule has 0 bridgehead atoms. The van der Waals surface area contributed by atoms with Crippen LogP contribution in [0.1, 0.15) is 40.5 Å². The molecule has 0 aromatic rings. The molecule has 0 heterocycles. The van der Waals surface area contributed by atoms with Crippen LogP contribution in [-0.4, -0.2) is 43.6 Å². The molecule has 1 atom stereocenters. The molecule has 0 saturated heterocycles. The van der Waals surface area contributed by atoms with Crippen LogP contribution in [0.2, 0.25) is 0 Å². The van der Waals surface area contributed by atoms with E-state index in [-0.39, 0.29) is 0 Å². The fourth-order valence-electron chi connectivity index (χ4n) is 1.70. The van der Waals surface area contributed by atoms with E-state index in [0.29, 0.717) is 31.7 Å². The van der Waals surface area contributed by atoms with Gasteiger partial charge in [-0.2, -0.15) is 5.26 Å². The lowest BCUT2D eigenvalue weighted by Crippen LogP contribution is -2.33. The van der Waals surface area contributed by atoms with Gasteiger partial charge in [-0.3, -0.25) is 0 Å². The van der Waals surface area contributed by atoms with E-state index in [1.807, 2.05) is 7.05 Å². The normalized spacial score (nSPS) is 13.2. The molecule has 0 radical (unpaired) electrons. The average Bonchev–Trinajstić information content (AvgIpc) is 2.33. The van der Waals surface area contributed by atoms with Gasteiger partial charge in [0.05, 0.1) is 25.7 Å². The Morgan fingerprint density at radius 1 is 1.16 bits per heavy atom. The van der Waals surface area contributed by atoms with Crippen molar-refractivity contribution in [3.8, 4) is 6.07 Å². The monoisotopic (exact) mass is 289 g/mol. The molecule has 1 unspecified atom stereocenters. The van der Waals surface area contributed by atoms with Crippen LogP contribution < -0.4 is 5.32 Å². The zero-order valence-electron chi connectivity index (χ0n) is 12.8. The second-order valence-corrected chi connectivity index (χ2v) is 6.29. The zero-order chi connectivity index (χ0) is 14.7. The maximum atomic E-state index is 8.60. The van der Waals surface area contributed by atoms with Crippen LogP contribution in [0, 0.1) is 11.3 Å². The molecule has 0 rings (SSSR count). The lowest BCUT2D eigenvalue weighted by molar-refractivity contribution is 0.175. The SMILES string of the molecule is CNCCCOP(OCCC#N)N(C(C)C)C(C)C. The van der Waals surface area contributed by atoms with Crippen molar-refractivity contribution in [2.75, 3.05) is 26.8 Å². The summed E-state index contributed by atoms with van der Waals surface area (Å²) in [4.78, 5) is 0. The van der Waals surface area contributed by atoms with Crippen LogP contribution in [0.25, 0.3) is 0 Å². The number of hydrogen-bond acceptors (Lipinski definition) is 5. The Morgan fingerprint density at radius 3 is 2.21 bits per heavy atom. The van der Waals surface area contributed by atoms with Gasteiger partial charge in [-0.15, -0.1) is 0 Å². The molecule has 0 aromatic heterocycles. The molecular formula is C13H28N3O2P. The lowest BCUT2D eigenvalue weighted by atomic mass is 10.3. The summed E-state index contributed by atoms with van der Waals surface area (Å²) in [6, 6.07) is 2.82. The second kappa shape index (κ2) is 11.6. The second-order valence-electron chi connectivity index (χ2n) is 4.84. The van der Waals surface area contributed by atoms with E-state index in [9.17, 15) is 0 Å². The highest BCUT2D eigenvalue weighted by molar-refractivity contribution is 7.44. The average molecular weight is 289 g/mol. The topological polar surface area (TPSA) is 57.5 Å². The lowest BCUT2D eigenvalue weighted by Gasteiger charge is -2.35. The molecule has 0 aromatic carbocycles. The Kier molecular flexibility index (Phi) is 11.4. The van der Waals surface area contributed by atoms with Gasteiger partial charge in [0.2, 0.25) is 0 Å². The zero-order valence-corrected chi connectivity index (χ0v) is 13.7. The highest BCUT2D eigenvalue weighted by atomic mass is 31.2. The number of rotatable bonds is 11. The van der Waals surface area contributed by atoms with Crippen LogP contribution in [0.3, 0.4) is 0 Å². The Balaban J connectivity index is 4.40.